The van der Waals surface area contributed by atoms with Gasteiger partial charge < -0.3 is 28.5 Å². The molecule has 1 amide bonds. The number of hydrogen-bond acceptors (Lipinski definition) is 7. The van der Waals surface area contributed by atoms with Gasteiger partial charge in [0.1, 0.15) is 23.9 Å². The van der Waals surface area contributed by atoms with E-state index in [1.165, 1.54) is 0 Å². The van der Waals surface area contributed by atoms with Gasteiger partial charge in [-0.05, 0) is 60.4 Å². The van der Waals surface area contributed by atoms with Crippen LogP contribution in [0.1, 0.15) is 34.6 Å². The summed E-state index contributed by atoms with van der Waals surface area (Å²) in [5.41, 5.74) is 7.27. The van der Waals surface area contributed by atoms with Crippen molar-refractivity contribution in [2.24, 2.45) is 0 Å². The molecule has 0 N–H and O–H groups in total. The van der Waals surface area contributed by atoms with Gasteiger partial charge in [-0.3, -0.25) is 4.79 Å². The normalized spacial score (nSPS) is 14.0. The van der Waals surface area contributed by atoms with Crippen molar-refractivity contribution in [1.29, 1.82) is 0 Å². The summed E-state index contributed by atoms with van der Waals surface area (Å²) in [4.78, 5) is 17.4. The van der Waals surface area contributed by atoms with Crippen molar-refractivity contribution in [3.05, 3.63) is 94.9 Å². The van der Waals surface area contributed by atoms with E-state index in [2.05, 4.69) is 46.5 Å². The van der Waals surface area contributed by atoms with Gasteiger partial charge in [0.05, 0.1) is 26.0 Å². The highest BCUT2D eigenvalue weighted by molar-refractivity contribution is 5.77. The van der Waals surface area contributed by atoms with Gasteiger partial charge in [0.15, 0.2) is 0 Å². The van der Waals surface area contributed by atoms with Crippen LogP contribution in [-0.2, 0) is 22.5 Å². The summed E-state index contributed by atoms with van der Waals surface area (Å²) in [5.74, 6) is 2.53. The molecule has 1 aromatic heterocycles. The maximum atomic E-state index is 13.4. The Kier molecular flexibility index (Phi) is 9.44. The number of amides is 1. The fourth-order valence-corrected chi connectivity index (χ4v) is 5.37. The number of carbonyl (C=O) groups is 1. The van der Waals surface area contributed by atoms with E-state index in [9.17, 15) is 4.79 Å². The van der Waals surface area contributed by atoms with Gasteiger partial charge in [0, 0.05) is 56.8 Å². The van der Waals surface area contributed by atoms with Crippen LogP contribution < -0.4 is 14.4 Å². The monoisotopic (exact) mass is 569 g/mol. The number of rotatable bonds is 6. The highest BCUT2D eigenvalue weighted by Gasteiger charge is 2.18. The highest BCUT2D eigenvalue weighted by Crippen LogP contribution is 2.32. The van der Waals surface area contributed by atoms with E-state index in [1.54, 1.807) is 7.11 Å². The van der Waals surface area contributed by atoms with Gasteiger partial charge in [0.25, 0.3) is 0 Å². The van der Waals surface area contributed by atoms with Gasteiger partial charge >= 0.3 is 0 Å². The molecule has 8 heteroatoms. The molecular formula is C34H39N3O5. The summed E-state index contributed by atoms with van der Waals surface area (Å²) in [6.45, 7) is 6.85. The summed E-state index contributed by atoms with van der Waals surface area (Å²) in [6, 6.07) is 22.6. The van der Waals surface area contributed by atoms with Crippen molar-refractivity contribution in [1.82, 2.24) is 10.1 Å². The molecule has 0 radical (unpaired) electrons. The number of hydrogen-bond donors (Lipinski definition) is 0. The molecule has 220 valence electrons. The van der Waals surface area contributed by atoms with Crippen molar-refractivity contribution in [2.75, 3.05) is 52.0 Å². The standard InChI is InChI=1S/C34H39N3O5/c1-24-34(25(2)42-35-24)28-11-12-32-29(21-28)20-26-7-5-8-27(19-26)23-37(15-16-40-17-18-41-32)33(38)13-14-36(3)30-9-6-10-31(22-30)39-4/h5-12,19,21-22H,13-18,20,23H2,1-4H3. The van der Waals surface area contributed by atoms with Gasteiger partial charge in [-0.25, -0.2) is 0 Å². The fourth-order valence-electron chi connectivity index (χ4n) is 5.37. The molecule has 42 heavy (non-hydrogen) atoms. The molecule has 4 aromatic rings. The third kappa shape index (κ3) is 7.12. The topological polar surface area (TPSA) is 77.3 Å². The van der Waals surface area contributed by atoms with E-state index in [0.717, 1.165) is 56.5 Å². The van der Waals surface area contributed by atoms with Crippen LogP contribution >= 0.6 is 0 Å². The summed E-state index contributed by atoms with van der Waals surface area (Å²) in [7, 11) is 3.65. The van der Waals surface area contributed by atoms with E-state index >= 15 is 0 Å². The summed E-state index contributed by atoms with van der Waals surface area (Å²) < 4.78 is 22.8. The number of nitrogens with zero attached hydrogens (tertiary/aromatic N) is 3. The maximum Gasteiger partial charge on any atom is 0.224 e. The molecule has 0 fully saturated rings. The predicted molar refractivity (Wildman–Crippen MR) is 163 cm³/mol. The lowest BCUT2D eigenvalue weighted by Gasteiger charge is -2.26. The van der Waals surface area contributed by atoms with Gasteiger partial charge in [-0.2, -0.15) is 0 Å². The van der Waals surface area contributed by atoms with Crippen LogP contribution in [0, 0.1) is 13.8 Å². The number of anilines is 1. The molecule has 5 rings (SSSR count). The molecule has 0 aliphatic carbocycles. The molecule has 2 bridgehead atoms. The Balaban J connectivity index is 1.33. The Bertz CT molecular complexity index is 1500. The van der Waals surface area contributed by atoms with Crippen molar-refractivity contribution in [3.63, 3.8) is 0 Å². The lowest BCUT2D eigenvalue weighted by Crippen LogP contribution is -2.36. The number of ether oxygens (including phenoxy) is 3. The second-order valence-electron chi connectivity index (χ2n) is 10.7. The summed E-state index contributed by atoms with van der Waals surface area (Å²) in [6.07, 6.45) is 1.09. The molecule has 0 unspecified atom stereocenters. The first kappa shape index (κ1) is 29.2. The van der Waals surface area contributed by atoms with Crippen molar-refractivity contribution in [2.45, 2.75) is 33.2 Å². The minimum Gasteiger partial charge on any atom is -0.497 e. The average Bonchev–Trinajstić information content (AvgIpc) is 3.34. The van der Waals surface area contributed by atoms with Crippen LogP contribution in [0.5, 0.6) is 11.5 Å². The van der Waals surface area contributed by atoms with Crippen molar-refractivity contribution in [3.8, 4) is 22.6 Å². The molecule has 3 aromatic carbocycles. The third-order valence-electron chi connectivity index (χ3n) is 7.64. The molecule has 0 saturated heterocycles. The second kappa shape index (κ2) is 13.6. The molecule has 2 heterocycles. The van der Waals surface area contributed by atoms with Gasteiger partial charge in [-0.1, -0.05) is 41.6 Å². The highest BCUT2D eigenvalue weighted by atomic mass is 16.5. The predicted octanol–water partition coefficient (Wildman–Crippen LogP) is 5.82. The number of benzene rings is 3. The number of aryl methyl sites for hydroxylation is 2. The number of fused-ring (bicyclic) bond motifs is 3. The lowest BCUT2D eigenvalue weighted by atomic mass is 9.96. The van der Waals surface area contributed by atoms with Crippen LogP contribution in [0.25, 0.3) is 11.1 Å². The van der Waals surface area contributed by atoms with Crippen LogP contribution in [0.4, 0.5) is 5.69 Å². The van der Waals surface area contributed by atoms with Crippen molar-refractivity contribution < 1.29 is 23.5 Å². The average molecular weight is 570 g/mol. The van der Waals surface area contributed by atoms with E-state index in [0.29, 0.717) is 52.3 Å². The fraction of sp³-hybridized carbons (Fsp3) is 0.353. The van der Waals surface area contributed by atoms with E-state index in [1.807, 2.05) is 56.1 Å². The summed E-state index contributed by atoms with van der Waals surface area (Å²) in [5, 5.41) is 4.13. The maximum absolute atomic E-state index is 13.4. The largest absolute Gasteiger partial charge is 0.497 e. The smallest absolute Gasteiger partial charge is 0.224 e. The zero-order valence-corrected chi connectivity index (χ0v) is 24.9. The number of methoxy groups -OCH3 is 1. The zero-order valence-electron chi connectivity index (χ0n) is 24.9. The van der Waals surface area contributed by atoms with E-state index in [-0.39, 0.29) is 5.91 Å². The molecular weight excluding hydrogens is 530 g/mol. The minimum atomic E-state index is 0.0940. The first-order valence-corrected chi connectivity index (χ1v) is 14.4. The van der Waals surface area contributed by atoms with Gasteiger partial charge in [-0.15, -0.1) is 0 Å². The third-order valence-corrected chi connectivity index (χ3v) is 7.64. The van der Waals surface area contributed by atoms with Crippen LogP contribution in [0.3, 0.4) is 0 Å². The molecule has 0 spiro atoms. The van der Waals surface area contributed by atoms with E-state index in [4.69, 9.17) is 18.7 Å². The zero-order chi connectivity index (χ0) is 29.5. The summed E-state index contributed by atoms with van der Waals surface area (Å²) >= 11 is 0. The first-order valence-electron chi connectivity index (χ1n) is 14.4. The Morgan fingerprint density at radius 3 is 2.64 bits per heavy atom. The first-order chi connectivity index (χ1) is 20.4. The second-order valence-corrected chi connectivity index (χ2v) is 10.7. The quantitative estimate of drug-likeness (QED) is 0.290. The molecule has 1 aliphatic rings. The Hall–Kier alpha value is -4.30. The molecule has 0 saturated carbocycles. The Labute approximate surface area is 247 Å². The number of aromatic nitrogens is 1. The van der Waals surface area contributed by atoms with Crippen LogP contribution in [0.2, 0.25) is 0 Å². The minimum absolute atomic E-state index is 0.0940. The Morgan fingerprint density at radius 2 is 1.83 bits per heavy atom. The molecule has 8 nitrogen and oxygen atoms in total. The Morgan fingerprint density at radius 1 is 1.00 bits per heavy atom. The SMILES string of the molecule is COc1cccc(N(C)CCC(=O)N2CCOCCOc3ccc(-c4c(C)noc4C)cc3Cc3cccc(c3)C2)c1. The van der Waals surface area contributed by atoms with E-state index < -0.39 is 0 Å². The molecule has 1 aliphatic heterocycles. The van der Waals surface area contributed by atoms with Crippen molar-refractivity contribution >= 4 is 11.6 Å². The van der Waals surface area contributed by atoms with Crippen LogP contribution in [0.15, 0.2) is 71.3 Å². The lowest BCUT2D eigenvalue weighted by molar-refractivity contribution is -0.132. The van der Waals surface area contributed by atoms with Gasteiger partial charge in [0.2, 0.25) is 5.91 Å². The molecule has 0 atom stereocenters. The van der Waals surface area contributed by atoms with Crippen LogP contribution in [-0.4, -0.2) is 63.0 Å². The number of carbonyl (C=O) groups excluding carboxylic acids is 1.